The van der Waals surface area contributed by atoms with Crippen LogP contribution in [0.25, 0.3) is 11.1 Å². The fourth-order valence-electron chi connectivity index (χ4n) is 9.54. The number of carbonyl (C=O) groups excluding carboxylic acids is 6. The molecule has 0 heterocycles. The van der Waals surface area contributed by atoms with Gasteiger partial charge >= 0.3 is 23.9 Å². The zero-order chi connectivity index (χ0) is 71.6. The Bertz CT molecular complexity index is 2940. The van der Waals surface area contributed by atoms with E-state index in [2.05, 4.69) is 12.1 Å². The molecule has 3 rings (SSSR count). The van der Waals surface area contributed by atoms with Crippen molar-refractivity contribution in [1.82, 2.24) is 29.4 Å². The molecule has 99 heavy (non-hydrogen) atoms. The topological polar surface area (TPSA) is 527 Å². The number of aliphatic carboxylic acids is 10. The number of unbranched alkanes of at least 4 members (excludes halogenated alkanes) is 7. The van der Waals surface area contributed by atoms with Crippen molar-refractivity contribution >= 4 is 75.3 Å². The molecule has 0 radical (unpaired) electrons. The van der Waals surface area contributed by atoms with Gasteiger partial charge in [-0.1, -0.05) is 131 Å². The molecule has 0 saturated carbocycles. The Labute approximate surface area is 637 Å². The van der Waals surface area contributed by atoms with Gasteiger partial charge in [-0.3, -0.25) is 57.7 Å². The minimum absolute atomic E-state index is 0. The molecule has 3 aromatic carbocycles. The molecule has 0 aliphatic heterocycles. The van der Waals surface area contributed by atoms with Crippen molar-refractivity contribution in [2.45, 2.75) is 83.7 Å². The molecule has 4 N–H and O–H groups in total. The number of aryl methyl sites for hydroxylation is 1. The van der Waals surface area contributed by atoms with Gasteiger partial charge in [0.15, 0.2) is 0 Å². The van der Waals surface area contributed by atoms with Gasteiger partial charge in [0, 0.05) is 171 Å². The molecule has 38 heteroatoms. The van der Waals surface area contributed by atoms with Gasteiger partial charge in [0.05, 0.1) is 88.4 Å². The molecule has 0 aromatic heterocycles. The summed E-state index contributed by atoms with van der Waals surface area (Å²) in [7, 11) is -10.0. The molecule has 0 aliphatic carbocycles. The summed E-state index contributed by atoms with van der Waals surface area (Å²) in [5.41, 5.74) is 4.00. The first kappa shape index (κ1) is 96.0. The first-order valence-electron chi connectivity index (χ1n) is 30.1. The maximum atomic E-state index is 12.6. The summed E-state index contributed by atoms with van der Waals surface area (Å²) >= 11 is 0. The van der Waals surface area contributed by atoms with Crippen molar-refractivity contribution in [3.63, 3.8) is 0 Å². The van der Waals surface area contributed by atoms with Gasteiger partial charge in [-0.05, 0) is 47.9 Å². The number of phosphoric ester groups is 2. The standard InChI is InChI=1S/C31H50N3O14P.C29H38N3O14P.CH4.2Gd/c35-27(36)19-32(15-16-33(20-28(37)38)21-29(39)40)18-26(34(22-30(41)42)23-31(43)44)24-48-49(45,46)47-17-11-6-4-2-1-3-5-8-12-25-13-9-7-10-14-25;33-25(34)15-30(11-12-31(16-26(35)36)17-27(37)38)14-24(32(18-28(39)40)19-29(41)42)20-46-47(43,44)45-13-10-21-6-8-23(9-7-21)22-4-2-1-3-5-22;;;/h7,9-10,13-14,26H,1-6,8,11-12,15-24H2,(H,35,36)(H,37,38)(H,39,40)(H,41,42)(H,43,44)(H,45,46);1-9,24H,10-20H2,(H,33,34)(H,35,36)(H,37,38)(H,39,40)(H,41,42)(H,43,44);1H4;;/p-8. The molecule has 4 atom stereocenters. The zero-order valence-electron chi connectivity index (χ0n) is 53.3. The quantitative estimate of drug-likeness (QED) is 0.0302. The fourth-order valence-corrected chi connectivity index (χ4v) is 11.1. The van der Waals surface area contributed by atoms with Crippen LogP contribution in [0.3, 0.4) is 0 Å². The minimum Gasteiger partial charge on any atom is -0.756 e. The largest absolute Gasteiger partial charge is 0.756 e. The van der Waals surface area contributed by atoms with E-state index in [1.165, 1.54) is 5.56 Å². The van der Waals surface area contributed by atoms with Crippen LogP contribution in [0.15, 0.2) is 84.9 Å². The Morgan fingerprint density at radius 3 is 1.03 bits per heavy atom. The monoisotopic (exact) mass is 1730 g/mol. The molecular weight excluding hydrogens is 1640 g/mol. The maximum absolute atomic E-state index is 12.6. The van der Waals surface area contributed by atoms with E-state index in [-0.39, 0.29) is 133 Å². The van der Waals surface area contributed by atoms with E-state index in [9.17, 15) is 108 Å². The Kier molecular flexibility index (Phi) is 52.1. The second-order valence-corrected chi connectivity index (χ2v) is 24.7. The molecule has 34 nitrogen and oxygen atoms in total. The van der Waals surface area contributed by atoms with Crippen molar-refractivity contribution < 1.29 is 216 Å². The van der Waals surface area contributed by atoms with Crippen LogP contribution in [-0.2, 0) is 88.0 Å². The molecular formula is C61H84Gd2N6O28P2-8. The van der Waals surface area contributed by atoms with Gasteiger partial charge in [0.1, 0.15) is 0 Å². The molecule has 0 amide bonds. The average Bonchev–Trinajstić information content (AvgIpc) is 0.882. The molecule has 3 aromatic rings. The third kappa shape index (κ3) is 49.3. The molecule has 560 valence electrons. The number of nitrogens with zero attached hydrogens (tertiary/aromatic N) is 6. The van der Waals surface area contributed by atoms with Crippen molar-refractivity contribution in [1.29, 1.82) is 0 Å². The van der Waals surface area contributed by atoms with Gasteiger partial charge in [-0.25, -0.2) is 0 Å². The number of phosphoric acid groups is 2. The van der Waals surface area contributed by atoms with Crippen molar-refractivity contribution in [3.05, 3.63) is 96.1 Å². The van der Waals surface area contributed by atoms with Crippen LogP contribution in [0, 0.1) is 79.9 Å². The van der Waals surface area contributed by atoms with Crippen LogP contribution in [0.1, 0.15) is 69.9 Å². The van der Waals surface area contributed by atoms with Crippen LogP contribution < -0.4 is 40.4 Å². The van der Waals surface area contributed by atoms with E-state index >= 15 is 0 Å². The van der Waals surface area contributed by atoms with Gasteiger partial charge < -0.3 is 108 Å². The SMILES string of the molecule is C.O=C([O-])CN(CCN(CC(=O)O)CC(COP(=O)([O-])OCCCCCCCCCCc1ccccc1)N(CC(=O)[O-])CC(=O)[O-])CC(=O)O.O=C([O-])CN(CCN(CC(=O)O)CC(COP(=O)([O-])OCCc1ccc(-c2ccccc2)cc1)N(CC(=O)[O-])CC(=O)[O-])CC(=O)O.[Gd].[Gd]. The summed E-state index contributed by atoms with van der Waals surface area (Å²) in [6.07, 6.45) is 8.59. The van der Waals surface area contributed by atoms with Crippen LogP contribution in [-0.4, -0.2) is 253 Å². The maximum Gasteiger partial charge on any atom is 0.317 e. The van der Waals surface area contributed by atoms with Gasteiger partial charge in [-0.15, -0.1) is 0 Å². The number of rotatable bonds is 55. The van der Waals surface area contributed by atoms with Gasteiger partial charge in [-0.2, -0.15) is 0 Å². The third-order valence-electron chi connectivity index (χ3n) is 13.9. The van der Waals surface area contributed by atoms with E-state index in [0.29, 0.717) is 12.8 Å². The summed E-state index contributed by atoms with van der Waals surface area (Å²) < 4.78 is 44.8. The summed E-state index contributed by atoms with van der Waals surface area (Å²) in [6.45, 7) is -13.2. The second kappa shape index (κ2) is 53.8. The molecule has 0 fully saturated rings. The summed E-state index contributed by atoms with van der Waals surface area (Å²) in [5.74, 6) is -15.7. The zero-order valence-corrected chi connectivity index (χ0v) is 59.6. The normalized spacial score (nSPS) is 13.0. The van der Waals surface area contributed by atoms with Gasteiger partial charge in [0.2, 0.25) is 0 Å². The first-order valence-corrected chi connectivity index (χ1v) is 33.0. The second-order valence-electron chi connectivity index (χ2n) is 21.8. The van der Waals surface area contributed by atoms with E-state index in [4.69, 9.17) is 28.3 Å². The summed E-state index contributed by atoms with van der Waals surface area (Å²) in [6, 6.07) is 24.3. The molecule has 4 unspecified atom stereocenters. The van der Waals surface area contributed by atoms with Crippen LogP contribution in [0.5, 0.6) is 0 Å². The predicted molar refractivity (Wildman–Crippen MR) is 325 cm³/mol. The predicted octanol–water partition coefficient (Wildman–Crippen LogP) is -5.73. The van der Waals surface area contributed by atoms with E-state index in [0.717, 1.165) is 91.0 Å². The van der Waals surface area contributed by atoms with Crippen molar-refractivity contribution in [2.75, 3.05) is 131 Å². The number of carboxylic acids is 10. The third-order valence-corrected chi connectivity index (χ3v) is 15.8. The first-order chi connectivity index (χ1) is 45.3. The molecule has 0 saturated heterocycles. The average molecular weight is 1730 g/mol. The van der Waals surface area contributed by atoms with Crippen LogP contribution in [0.2, 0.25) is 0 Å². The minimum atomic E-state index is -5.07. The Morgan fingerprint density at radius 2 is 0.667 bits per heavy atom. The van der Waals surface area contributed by atoms with E-state index in [1.54, 1.807) is 12.1 Å². The van der Waals surface area contributed by atoms with Crippen LogP contribution in [0.4, 0.5) is 0 Å². The van der Waals surface area contributed by atoms with Crippen molar-refractivity contribution in [2.24, 2.45) is 0 Å². The Hall–Kier alpha value is -5.01. The number of carboxylic acid groups (broad SMARTS) is 10. The van der Waals surface area contributed by atoms with Crippen molar-refractivity contribution in [3.8, 4) is 11.1 Å². The number of benzene rings is 3. The Balaban J connectivity index is 0. The molecule has 0 bridgehead atoms. The van der Waals surface area contributed by atoms with Gasteiger partial charge in [0.25, 0.3) is 15.6 Å². The van der Waals surface area contributed by atoms with Crippen LogP contribution >= 0.6 is 15.6 Å². The fraction of sp³-hybridized carbons (Fsp3) is 0.541. The Morgan fingerprint density at radius 1 is 0.364 bits per heavy atom. The number of hydrogen-bond acceptors (Lipinski definition) is 30. The summed E-state index contributed by atoms with van der Waals surface area (Å²) in [5, 5.41) is 104. The number of hydrogen-bond donors (Lipinski definition) is 4. The summed E-state index contributed by atoms with van der Waals surface area (Å²) in [4.78, 5) is 143. The molecule has 0 aliphatic rings. The van der Waals surface area contributed by atoms with E-state index < -0.39 is 179 Å². The smallest absolute Gasteiger partial charge is 0.317 e. The van der Waals surface area contributed by atoms with E-state index in [1.807, 2.05) is 60.7 Å². The molecule has 0 spiro atoms. The number of carbonyl (C=O) groups is 10.